The van der Waals surface area contributed by atoms with Crippen molar-refractivity contribution < 1.29 is 23.9 Å². The van der Waals surface area contributed by atoms with Crippen LogP contribution >= 0.6 is 0 Å². The number of hydrogen-bond donors (Lipinski definition) is 1. The second-order valence-electron chi connectivity index (χ2n) is 11.8. The molecule has 3 aliphatic heterocycles. The molecule has 1 N–H and O–H groups in total. The van der Waals surface area contributed by atoms with Gasteiger partial charge in [0.15, 0.2) is 11.5 Å². The quantitative estimate of drug-likeness (QED) is 0.405. The van der Waals surface area contributed by atoms with E-state index in [1.54, 1.807) is 43.5 Å². The fourth-order valence-corrected chi connectivity index (χ4v) is 6.99. The van der Waals surface area contributed by atoms with E-state index in [4.69, 9.17) is 9.47 Å². The second kappa shape index (κ2) is 11.3. The topological polar surface area (TPSA) is 110 Å². The highest BCUT2D eigenvalue weighted by Gasteiger charge is 2.56. The molecule has 3 aliphatic rings. The molecule has 2 aromatic carbocycles. The number of urea groups is 1. The number of ether oxygens (including phenoxy) is 2. The van der Waals surface area contributed by atoms with Crippen LogP contribution < -0.4 is 25.2 Å². The summed E-state index contributed by atoms with van der Waals surface area (Å²) in [6.07, 6.45) is 1.81. The smallest absolute Gasteiger partial charge is 0.335 e. The Bertz CT molecular complexity index is 1630. The van der Waals surface area contributed by atoms with Gasteiger partial charge in [-0.05, 0) is 66.6 Å². The fraction of sp³-hybridized carbons (Fsp3) is 0.394. The molecule has 43 heavy (non-hydrogen) atoms. The summed E-state index contributed by atoms with van der Waals surface area (Å²) in [6, 6.07) is 17.2. The third-order valence-corrected chi connectivity index (χ3v) is 9.08. The van der Waals surface area contributed by atoms with E-state index in [0.717, 1.165) is 29.0 Å². The molecule has 0 saturated carbocycles. The number of carbonyl (C=O) groups is 3. The van der Waals surface area contributed by atoms with Crippen LogP contribution in [-0.2, 0) is 29.0 Å². The molecule has 6 rings (SSSR count). The van der Waals surface area contributed by atoms with Crippen LogP contribution in [0, 0.1) is 11.3 Å². The third-order valence-electron chi connectivity index (χ3n) is 9.08. The fourth-order valence-electron chi connectivity index (χ4n) is 6.99. The number of methoxy groups -OCH3 is 2. The number of fused-ring (bicyclic) bond motifs is 4. The zero-order valence-electron chi connectivity index (χ0n) is 24.7. The predicted octanol–water partition coefficient (Wildman–Crippen LogP) is 3.36. The number of likely N-dealkylation sites (tertiary alicyclic amines) is 1. The van der Waals surface area contributed by atoms with Gasteiger partial charge in [0, 0.05) is 43.9 Å². The largest absolute Gasteiger partial charge is 0.493 e. The van der Waals surface area contributed by atoms with Gasteiger partial charge in [0.05, 0.1) is 19.9 Å². The molecule has 3 aromatic rings. The molecule has 2 fully saturated rings. The molecule has 2 saturated heterocycles. The molecule has 10 nitrogen and oxygen atoms in total. The number of carbonyl (C=O) groups excluding carboxylic acids is 3. The van der Waals surface area contributed by atoms with Crippen molar-refractivity contribution in [2.24, 2.45) is 11.3 Å². The Hall–Kier alpha value is -4.44. The molecule has 4 amide bonds. The molecular formula is C33H36N4O6. The van der Waals surface area contributed by atoms with Gasteiger partial charge in [-0.2, -0.15) is 0 Å². The normalized spacial score (nSPS) is 23.5. The molecule has 4 heterocycles. The van der Waals surface area contributed by atoms with Gasteiger partial charge in [-0.25, -0.2) is 9.69 Å². The average molecular weight is 585 g/mol. The Labute approximate surface area is 250 Å². The summed E-state index contributed by atoms with van der Waals surface area (Å²) < 4.78 is 12.8. The molecular weight excluding hydrogens is 548 g/mol. The van der Waals surface area contributed by atoms with Crippen LogP contribution in [0.3, 0.4) is 0 Å². The Morgan fingerprint density at radius 2 is 1.63 bits per heavy atom. The predicted molar refractivity (Wildman–Crippen MR) is 161 cm³/mol. The number of nitrogens with one attached hydrogen (secondary N) is 1. The van der Waals surface area contributed by atoms with Crippen LogP contribution in [0.25, 0.3) is 0 Å². The average Bonchev–Trinajstić information content (AvgIpc) is 3.01. The molecule has 1 aromatic heterocycles. The van der Waals surface area contributed by atoms with Crippen molar-refractivity contribution in [2.75, 3.05) is 38.8 Å². The van der Waals surface area contributed by atoms with Gasteiger partial charge in [0.25, 0.3) is 11.5 Å². The SMILES string of the molecule is CCc1ccc(N2C(=O)NC(=O)C(Cc3ccc(OC)c(OC)c3)(CN3CC4C[C@H](C3)Cn3c4cccc3=O)C2=O)cc1. The van der Waals surface area contributed by atoms with Gasteiger partial charge >= 0.3 is 6.03 Å². The number of barbiturate groups is 1. The Morgan fingerprint density at radius 3 is 2.35 bits per heavy atom. The van der Waals surface area contributed by atoms with Gasteiger partial charge in [-0.1, -0.05) is 31.2 Å². The summed E-state index contributed by atoms with van der Waals surface area (Å²) in [5.74, 6) is 0.131. The monoisotopic (exact) mass is 584 g/mol. The molecule has 2 bridgehead atoms. The minimum Gasteiger partial charge on any atom is -0.493 e. The van der Waals surface area contributed by atoms with Crippen molar-refractivity contribution in [3.05, 3.63) is 87.8 Å². The second-order valence-corrected chi connectivity index (χ2v) is 11.8. The van der Waals surface area contributed by atoms with E-state index in [-0.39, 0.29) is 30.4 Å². The van der Waals surface area contributed by atoms with Crippen LogP contribution in [0.15, 0.2) is 65.5 Å². The highest BCUT2D eigenvalue weighted by molar-refractivity contribution is 6.30. The van der Waals surface area contributed by atoms with Gasteiger partial charge in [-0.3, -0.25) is 19.7 Å². The molecule has 0 spiro atoms. The minimum absolute atomic E-state index is 0.00402. The Morgan fingerprint density at radius 1 is 0.884 bits per heavy atom. The zero-order valence-corrected chi connectivity index (χ0v) is 24.7. The first-order chi connectivity index (χ1) is 20.8. The zero-order chi connectivity index (χ0) is 30.3. The number of imide groups is 2. The van der Waals surface area contributed by atoms with Gasteiger partial charge in [0.2, 0.25) is 5.91 Å². The molecule has 224 valence electrons. The lowest BCUT2D eigenvalue weighted by atomic mass is 9.75. The van der Waals surface area contributed by atoms with Crippen molar-refractivity contribution in [2.45, 2.75) is 38.6 Å². The highest BCUT2D eigenvalue weighted by Crippen LogP contribution is 2.40. The van der Waals surface area contributed by atoms with Gasteiger partial charge < -0.3 is 18.9 Å². The molecule has 2 unspecified atom stereocenters. The summed E-state index contributed by atoms with van der Waals surface area (Å²) in [5, 5.41) is 2.51. The van der Waals surface area contributed by atoms with Crippen LogP contribution in [0.5, 0.6) is 11.5 Å². The van der Waals surface area contributed by atoms with Crippen LogP contribution in [0.4, 0.5) is 10.5 Å². The number of piperidine rings is 1. The summed E-state index contributed by atoms with van der Waals surface area (Å²) >= 11 is 0. The highest BCUT2D eigenvalue weighted by atomic mass is 16.5. The number of hydrogen-bond acceptors (Lipinski definition) is 7. The minimum atomic E-state index is -1.60. The number of anilines is 1. The number of nitrogens with zero attached hydrogens (tertiary/aromatic N) is 3. The van der Waals surface area contributed by atoms with E-state index < -0.39 is 23.3 Å². The van der Waals surface area contributed by atoms with Gasteiger partial charge in [0.1, 0.15) is 5.41 Å². The van der Waals surface area contributed by atoms with E-state index in [0.29, 0.717) is 42.4 Å². The number of aryl methyl sites for hydroxylation is 1. The van der Waals surface area contributed by atoms with Crippen LogP contribution in [-0.4, -0.2) is 61.2 Å². The summed E-state index contributed by atoms with van der Waals surface area (Å²) in [7, 11) is 3.08. The lowest BCUT2D eigenvalue weighted by Gasteiger charge is -2.47. The van der Waals surface area contributed by atoms with Gasteiger partial charge in [-0.15, -0.1) is 0 Å². The number of aromatic nitrogens is 1. The van der Waals surface area contributed by atoms with E-state index in [1.165, 1.54) is 7.11 Å². The number of amides is 4. The molecule has 0 radical (unpaired) electrons. The molecule has 3 atom stereocenters. The van der Waals surface area contributed by atoms with E-state index in [1.807, 2.05) is 35.8 Å². The van der Waals surface area contributed by atoms with E-state index >= 15 is 0 Å². The maximum Gasteiger partial charge on any atom is 0.335 e. The molecule has 10 heteroatoms. The van der Waals surface area contributed by atoms with Crippen molar-refractivity contribution in [3.8, 4) is 11.5 Å². The third kappa shape index (κ3) is 5.09. The van der Waals surface area contributed by atoms with Crippen molar-refractivity contribution in [3.63, 3.8) is 0 Å². The van der Waals surface area contributed by atoms with Crippen LogP contribution in [0.1, 0.15) is 36.1 Å². The van der Waals surface area contributed by atoms with Crippen LogP contribution in [0.2, 0.25) is 0 Å². The lowest BCUT2D eigenvalue weighted by molar-refractivity contribution is -0.144. The standard InChI is InChI=1S/C33H36N4O6/c1-4-21-8-11-25(12-9-21)37-31(40)33(30(39)34-32(37)41,16-22-10-13-27(42-2)28(15-22)43-3)20-35-17-23-14-24(19-35)26-6-5-7-29(38)36(26)18-23/h5-13,15,23-24H,4,14,16-20H2,1-3H3,(H,34,39,41)/t23-,24?,33?/m1/s1. The first-order valence-corrected chi connectivity index (χ1v) is 14.7. The number of rotatable bonds is 8. The maximum absolute atomic E-state index is 14.6. The Kier molecular flexibility index (Phi) is 7.56. The number of pyridine rings is 1. The summed E-state index contributed by atoms with van der Waals surface area (Å²) in [6.45, 7) is 3.97. The van der Waals surface area contributed by atoms with Crippen molar-refractivity contribution in [1.29, 1.82) is 0 Å². The van der Waals surface area contributed by atoms with E-state index in [9.17, 15) is 19.2 Å². The Balaban J connectivity index is 1.39. The first kappa shape index (κ1) is 28.7. The van der Waals surface area contributed by atoms with Crippen molar-refractivity contribution in [1.82, 2.24) is 14.8 Å². The summed E-state index contributed by atoms with van der Waals surface area (Å²) in [4.78, 5) is 57.6. The van der Waals surface area contributed by atoms with Crippen molar-refractivity contribution >= 4 is 23.5 Å². The summed E-state index contributed by atoms with van der Waals surface area (Å²) in [5.41, 5.74) is 1.56. The van der Waals surface area contributed by atoms with E-state index in [2.05, 4.69) is 10.2 Å². The lowest BCUT2D eigenvalue weighted by Crippen LogP contribution is -2.68. The number of benzene rings is 2. The maximum atomic E-state index is 14.6. The first-order valence-electron chi connectivity index (χ1n) is 14.7. The molecule has 0 aliphatic carbocycles.